The number of rotatable bonds is 5. The van der Waals surface area contributed by atoms with Gasteiger partial charge in [-0.05, 0) is 35.4 Å². The first-order chi connectivity index (χ1) is 14.2. The molecule has 1 N–H and O–H groups in total. The van der Waals surface area contributed by atoms with Crippen molar-refractivity contribution in [2.45, 2.75) is 24.8 Å². The quantitative estimate of drug-likeness (QED) is 0.689. The lowest BCUT2D eigenvalue weighted by Gasteiger charge is -2.33. The molecule has 2 heterocycles. The van der Waals surface area contributed by atoms with Crippen molar-refractivity contribution in [3.8, 4) is 0 Å². The molecule has 148 valence electrons. The van der Waals surface area contributed by atoms with Crippen LogP contribution in [-0.2, 0) is 4.79 Å². The molecule has 0 spiro atoms. The van der Waals surface area contributed by atoms with Gasteiger partial charge in [-0.15, -0.1) is 11.3 Å². The lowest BCUT2D eigenvalue weighted by atomic mass is 9.90. The van der Waals surface area contributed by atoms with Crippen LogP contribution in [0.1, 0.15) is 39.6 Å². The molecule has 1 fully saturated rings. The molecule has 4 rings (SSSR count). The first-order valence-electron chi connectivity index (χ1n) is 9.95. The number of hydrogen-bond acceptors (Lipinski definition) is 3. The fourth-order valence-corrected chi connectivity index (χ4v) is 4.54. The normalized spacial score (nSPS) is 14.7. The molecule has 4 nitrogen and oxygen atoms in total. The van der Waals surface area contributed by atoms with Crippen LogP contribution >= 0.6 is 11.3 Å². The minimum absolute atomic E-state index is 0.0189. The number of amides is 2. The van der Waals surface area contributed by atoms with Crippen molar-refractivity contribution >= 4 is 23.2 Å². The summed E-state index contributed by atoms with van der Waals surface area (Å²) in [5, 5.41) is 5.16. The number of piperidine rings is 1. The van der Waals surface area contributed by atoms with Gasteiger partial charge >= 0.3 is 0 Å². The smallest absolute Gasteiger partial charge is 0.263 e. The molecule has 0 bridgehead atoms. The van der Waals surface area contributed by atoms with Crippen molar-refractivity contribution in [2.24, 2.45) is 0 Å². The highest BCUT2D eigenvalue weighted by molar-refractivity contribution is 7.12. The van der Waals surface area contributed by atoms with Gasteiger partial charge in [-0.1, -0.05) is 66.7 Å². The van der Waals surface area contributed by atoms with Crippen LogP contribution in [0.2, 0.25) is 0 Å². The molecule has 0 atom stereocenters. The van der Waals surface area contributed by atoms with Gasteiger partial charge in [-0.25, -0.2) is 0 Å². The summed E-state index contributed by atoms with van der Waals surface area (Å²) in [6.45, 7) is 1.34. The van der Waals surface area contributed by atoms with Gasteiger partial charge in [0, 0.05) is 19.1 Å². The van der Waals surface area contributed by atoms with E-state index in [-0.39, 0.29) is 23.8 Å². The fourth-order valence-electron chi connectivity index (χ4n) is 3.85. The largest absolute Gasteiger partial charge is 0.352 e. The van der Waals surface area contributed by atoms with Crippen molar-refractivity contribution in [3.63, 3.8) is 0 Å². The Bertz CT molecular complexity index is 894. The van der Waals surface area contributed by atoms with Gasteiger partial charge in [0.2, 0.25) is 5.91 Å². The van der Waals surface area contributed by atoms with Gasteiger partial charge in [0.1, 0.15) is 0 Å². The van der Waals surface area contributed by atoms with E-state index in [1.165, 1.54) is 11.3 Å². The molecule has 3 aromatic rings. The summed E-state index contributed by atoms with van der Waals surface area (Å²) >= 11 is 1.47. The van der Waals surface area contributed by atoms with E-state index in [0.717, 1.165) is 28.8 Å². The summed E-state index contributed by atoms with van der Waals surface area (Å²) in [6.07, 6.45) is 1.55. The second kappa shape index (κ2) is 9.05. The van der Waals surface area contributed by atoms with Gasteiger partial charge in [0.25, 0.3) is 5.91 Å². The Hall–Kier alpha value is -2.92. The van der Waals surface area contributed by atoms with E-state index in [9.17, 15) is 9.59 Å². The van der Waals surface area contributed by atoms with Crippen LogP contribution < -0.4 is 5.32 Å². The zero-order valence-corrected chi connectivity index (χ0v) is 17.0. The van der Waals surface area contributed by atoms with E-state index in [2.05, 4.69) is 5.32 Å². The highest BCUT2D eigenvalue weighted by Gasteiger charge is 2.28. The molecule has 0 saturated carbocycles. The van der Waals surface area contributed by atoms with Crippen LogP contribution in [0.4, 0.5) is 0 Å². The summed E-state index contributed by atoms with van der Waals surface area (Å²) in [4.78, 5) is 28.4. The van der Waals surface area contributed by atoms with E-state index in [1.807, 2.05) is 83.1 Å². The summed E-state index contributed by atoms with van der Waals surface area (Å²) in [7, 11) is 0. The van der Waals surface area contributed by atoms with Crippen LogP contribution in [0.3, 0.4) is 0 Å². The first-order valence-corrected chi connectivity index (χ1v) is 10.8. The molecule has 0 unspecified atom stereocenters. The lowest BCUT2D eigenvalue weighted by molar-refractivity contribution is -0.122. The van der Waals surface area contributed by atoms with Gasteiger partial charge < -0.3 is 10.2 Å². The maximum Gasteiger partial charge on any atom is 0.263 e. The summed E-state index contributed by atoms with van der Waals surface area (Å²) in [5.74, 6) is -0.218. The van der Waals surface area contributed by atoms with Crippen LogP contribution in [-0.4, -0.2) is 35.8 Å². The topological polar surface area (TPSA) is 49.4 Å². The predicted octanol–water partition coefficient (Wildman–Crippen LogP) is 4.30. The second-order valence-electron chi connectivity index (χ2n) is 7.31. The van der Waals surface area contributed by atoms with Crippen molar-refractivity contribution in [2.75, 3.05) is 13.1 Å². The molecular formula is C24H24N2O2S. The second-order valence-corrected chi connectivity index (χ2v) is 8.25. The number of thiophene rings is 1. The Balaban J connectivity index is 1.42. The average Bonchev–Trinajstić information content (AvgIpc) is 3.30. The van der Waals surface area contributed by atoms with Gasteiger partial charge in [-0.3, -0.25) is 9.59 Å². The van der Waals surface area contributed by atoms with E-state index in [1.54, 1.807) is 0 Å². The highest BCUT2D eigenvalue weighted by atomic mass is 32.1. The third-order valence-electron chi connectivity index (χ3n) is 5.39. The monoisotopic (exact) mass is 404 g/mol. The van der Waals surface area contributed by atoms with Crippen LogP contribution in [0.25, 0.3) is 0 Å². The molecule has 1 aromatic heterocycles. The van der Waals surface area contributed by atoms with Crippen molar-refractivity contribution in [1.82, 2.24) is 10.2 Å². The molecule has 2 amide bonds. The lowest BCUT2D eigenvalue weighted by Crippen LogP contribution is -2.47. The van der Waals surface area contributed by atoms with E-state index in [0.29, 0.717) is 13.1 Å². The minimum Gasteiger partial charge on any atom is -0.352 e. The molecular weight excluding hydrogens is 380 g/mol. The fraction of sp³-hybridized carbons (Fsp3) is 0.250. The Kier molecular flexibility index (Phi) is 6.06. The maximum absolute atomic E-state index is 13.2. The zero-order chi connectivity index (χ0) is 20.1. The van der Waals surface area contributed by atoms with E-state index >= 15 is 0 Å². The van der Waals surface area contributed by atoms with Gasteiger partial charge in [0.05, 0.1) is 10.8 Å². The molecule has 1 saturated heterocycles. The Morgan fingerprint density at radius 3 is 1.97 bits per heavy atom. The molecule has 1 aliphatic heterocycles. The average molecular weight is 405 g/mol. The van der Waals surface area contributed by atoms with Gasteiger partial charge in [-0.2, -0.15) is 0 Å². The number of benzene rings is 2. The maximum atomic E-state index is 13.2. The van der Waals surface area contributed by atoms with Gasteiger partial charge in [0.15, 0.2) is 0 Å². The first kappa shape index (κ1) is 19.4. The highest BCUT2D eigenvalue weighted by Crippen LogP contribution is 2.26. The standard InChI is InChI=1S/C24H24N2O2S/c27-23(22(18-8-3-1-4-9-18)19-10-5-2-6-11-19)25-20-13-15-26(16-14-20)24(28)21-12-7-17-29-21/h1-12,17,20,22H,13-16H2,(H,25,27). The number of hydrogen-bond donors (Lipinski definition) is 1. The van der Waals surface area contributed by atoms with Crippen molar-refractivity contribution in [3.05, 3.63) is 94.2 Å². The summed E-state index contributed by atoms with van der Waals surface area (Å²) in [6, 6.07) is 23.6. The van der Waals surface area contributed by atoms with Crippen LogP contribution in [0, 0.1) is 0 Å². The molecule has 0 aliphatic carbocycles. The van der Waals surface area contributed by atoms with E-state index < -0.39 is 0 Å². The number of nitrogens with zero attached hydrogens (tertiary/aromatic N) is 1. The third-order valence-corrected chi connectivity index (χ3v) is 6.25. The molecule has 2 aromatic carbocycles. The summed E-state index contributed by atoms with van der Waals surface area (Å²) in [5.41, 5.74) is 1.98. The number of nitrogens with one attached hydrogen (secondary N) is 1. The number of likely N-dealkylation sites (tertiary alicyclic amines) is 1. The molecule has 1 aliphatic rings. The third kappa shape index (κ3) is 4.57. The number of carbonyl (C=O) groups is 2. The Morgan fingerprint density at radius 2 is 1.45 bits per heavy atom. The van der Waals surface area contributed by atoms with Crippen LogP contribution in [0.5, 0.6) is 0 Å². The molecule has 0 radical (unpaired) electrons. The SMILES string of the molecule is O=C(NC1CCN(C(=O)c2cccs2)CC1)C(c1ccccc1)c1ccccc1. The molecule has 29 heavy (non-hydrogen) atoms. The number of carbonyl (C=O) groups excluding carboxylic acids is 2. The summed E-state index contributed by atoms with van der Waals surface area (Å²) < 4.78 is 0. The predicted molar refractivity (Wildman–Crippen MR) is 116 cm³/mol. The van der Waals surface area contributed by atoms with Crippen molar-refractivity contribution < 1.29 is 9.59 Å². The zero-order valence-electron chi connectivity index (χ0n) is 16.2. The van der Waals surface area contributed by atoms with Crippen molar-refractivity contribution in [1.29, 1.82) is 0 Å². The Morgan fingerprint density at radius 1 is 0.862 bits per heavy atom. The minimum atomic E-state index is -0.330. The Labute approximate surface area is 175 Å². The molecule has 5 heteroatoms. The van der Waals surface area contributed by atoms with Crippen LogP contribution in [0.15, 0.2) is 78.2 Å². The van der Waals surface area contributed by atoms with E-state index in [4.69, 9.17) is 0 Å².